The number of para-hydroxylation sites is 2. The predicted octanol–water partition coefficient (Wildman–Crippen LogP) is 3.64. The second kappa shape index (κ2) is 9.78. The van der Waals surface area contributed by atoms with Crippen LogP contribution in [0.2, 0.25) is 0 Å². The number of benzene rings is 2. The molecule has 3 amide bonds. The number of carbonyl (C=O) groups excluding carboxylic acids is 2. The van der Waals surface area contributed by atoms with Crippen molar-refractivity contribution >= 4 is 34.6 Å². The van der Waals surface area contributed by atoms with E-state index in [1.807, 2.05) is 36.4 Å². The van der Waals surface area contributed by atoms with E-state index in [0.29, 0.717) is 21.7 Å². The van der Waals surface area contributed by atoms with Crippen molar-refractivity contribution in [3.63, 3.8) is 0 Å². The van der Waals surface area contributed by atoms with Gasteiger partial charge in [0.05, 0.1) is 22.3 Å². The fourth-order valence-corrected chi connectivity index (χ4v) is 4.59. The fraction of sp³-hybridized carbons (Fsp3) is 0.304. The van der Waals surface area contributed by atoms with Crippen molar-refractivity contribution in [1.82, 2.24) is 20.2 Å². The Morgan fingerprint density at radius 1 is 1.00 bits per heavy atom. The molecule has 0 unspecified atom stereocenters. The summed E-state index contributed by atoms with van der Waals surface area (Å²) in [6.45, 7) is 0. The lowest BCUT2D eigenvalue weighted by molar-refractivity contribution is -0.117. The van der Waals surface area contributed by atoms with Crippen LogP contribution in [-0.2, 0) is 4.79 Å². The molecule has 3 aromatic rings. The van der Waals surface area contributed by atoms with Gasteiger partial charge in [0.2, 0.25) is 5.91 Å². The molecule has 0 saturated heterocycles. The molecular weight excluding hydrogens is 412 g/mol. The molecule has 0 bridgehead atoms. The van der Waals surface area contributed by atoms with Crippen LogP contribution in [0.3, 0.4) is 0 Å². The normalized spacial score (nSPS) is 14.3. The van der Waals surface area contributed by atoms with Crippen molar-refractivity contribution < 1.29 is 9.59 Å². The maximum Gasteiger partial charge on any atom is 0.321 e. The van der Waals surface area contributed by atoms with E-state index in [-0.39, 0.29) is 17.4 Å². The highest BCUT2D eigenvalue weighted by Gasteiger charge is 2.18. The second-order valence-electron chi connectivity index (χ2n) is 7.53. The molecule has 1 saturated carbocycles. The number of nitrogens with one attached hydrogen (secondary N) is 2. The molecule has 1 fully saturated rings. The Morgan fingerprint density at radius 3 is 2.48 bits per heavy atom. The number of aromatic nitrogens is 2. The SMILES string of the molecule is O=C(CSc1nc2ccccc2c(=O)n1-c1ccccc1)NC(=O)NC1CCCCC1. The van der Waals surface area contributed by atoms with Crippen LogP contribution in [0, 0.1) is 0 Å². The van der Waals surface area contributed by atoms with Crippen molar-refractivity contribution in [2.75, 3.05) is 5.75 Å². The summed E-state index contributed by atoms with van der Waals surface area (Å²) in [4.78, 5) is 42.2. The van der Waals surface area contributed by atoms with E-state index in [4.69, 9.17) is 0 Å². The molecule has 8 heteroatoms. The molecule has 1 heterocycles. The van der Waals surface area contributed by atoms with Gasteiger partial charge in [-0.05, 0) is 37.1 Å². The maximum atomic E-state index is 13.1. The highest BCUT2D eigenvalue weighted by molar-refractivity contribution is 7.99. The molecule has 1 aromatic heterocycles. The number of fused-ring (bicyclic) bond motifs is 1. The zero-order valence-corrected chi connectivity index (χ0v) is 17.9. The average molecular weight is 437 g/mol. The molecule has 2 N–H and O–H groups in total. The Balaban J connectivity index is 1.50. The van der Waals surface area contributed by atoms with Crippen LogP contribution >= 0.6 is 11.8 Å². The molecular formula is C23H24N4O3S. The van der Waals surface area contributed by atoms with Crippen LogP contribution in [0.25, 0.3) is 16.6 Å². The summed E-state index contributed by atoms with van der Waals surface area (Å²) >= 11 is 1.13. The van der Waals surface area contributed by atoms with Crippen molar-refractivity contribution in [3.8, 4) is 5.69 Å². The molecule has 2 aromatic carbocycles. The summed E-state index contributed by atoms with van der Waals surface area (Å²) in [5.41, 5.74) is 1.04. The monoisotopic (exact) mass is 436 g/mol. The van der Waals surface area contributed by atoms with Crippen molar-refractivity contribution in [2.45, 2.75) is 43.3 Å². The smallest absolute Gasteiger partial charge is 0.321 e. The number of nitrogens with zero attached hydrogens (tertiary/aromatic N) is 2. The topological polar surface area (TPSA) is 93.1 Å². The van der Waals surface area contributed by atoms with Crippen LogP contribution in [0.15, 0.2) is 64.5 Å². The minimum atomic E-state index is -0.468. The third-order valence-corrected chi connectivity index (χ3v) is 6.22. The number of rotatable bonds is 5. The Hall–Kier alpha value is -3.13. The van der Waals surface area contributed by atoms with E-state index in [9.17, 15) is 14.4 Å². The van der Waals surface area contributed by atoms with Gasteiger partial charge in [-0.15, -0.1) is 0 Å². The lowest BCUT2D eigenvalue weighted by Gasteiger charge is -2.22. The largest absolute Gasteiger partial charge is 0.335 e. The van der Waals surface area contributed by atoms with E-state index in [1.165, 1.54) is 11.0 Å². The lowest BCUT2D eigenvalue weighted by atomic mass is 9.96. The van der Waals surface area contributed by atoms with Crippen LogP contribution in [-0.4, -0.2) is 33.3 Å². The summed E-state index contributed by atoms with van der Waals surface area (Å²) in [5.74, 6) is -0.462. The van der Waals surface area contributed by atoms with Crippen LogP contribution in [0.4, 0.5) is 4.79 Å². The number of thioether (sulfide) groups is 1. The molecule has 4 rings (SSSR count). The number of urea groups is 1. The summed E-state index contributed by atoms with van der Waals surface area (Å²) < 4.78 is 1.50. The van der Waals surface area contributed by atoms with Gasteiger partial charge in [0.25, 0.3) is 5.56 Å². The number of amides is 3. The molecule has 0 aliphatic heterocycles. The molecule has 0 radical (unpaired) electrons. The van der Waals surface area contributed by atoms with E-state index >= 15 is 0 Å². The third kappa shape index (κ3) is 5.14. The molecule has 31 heavy (non-hydrogen) atoms. The number of hydrogen-bond donors (Lipinski definition) is 2. The summed E-state index contributed by atoms with van der Waals surface area (Å²) in [5, 5.41) is 6.16. The zero-order valence-electron chi connectivity index (χ0n) is 17.0. The lowest BCUT2D eigenvalue weighted by Crippen LogP contribution is -2.45. The van der Waals surface area contributed by atoms with Gasteiger partial charge in [-0.25, -0.2) is 9.78 Å². The number of carbonyl (C=O) groups is 2. The Morgan fingerprint density at radius 2 is 1.71 bits per heavy atom. The van der Waals surface area contributed by atoms with Crippen molar-refractivity contribution in [1.29, 1.82) is 0 Å². The Bertz CT molecular complexity index is 1140. The number of imide groups is 1. The van der Waals surface area contributed by atoms with Crippen LogP contribution in [0.5, 0.6) is 0 Å². The average Bonchev–Trinajstić information content (AvgIpc) is 2.79. The van der Waals surface area contributed by atoms with Gasteiger partial charge in [-0.1, -0.05) is 61.4 Å². The zero-order chi connectivity index (χ0) is 21.6. The highest BCUT2D eigenvalue weighted by atomic mass is 32.2. The summed E-state index contributed by atoms with van der Waals surface area (Å²) in [6, 6.07) is 16.0. The minimum Gasteiger partial charge on any atom is -0.335 e. The molecule has 1 aliphatic carbocycles. The first kappa shape index (κ1) is 21.1. The third-order valence-electron chi connectivity index (χ3n) is 5.29. The predicted molar refractivity (Wildman–Crippen MR) is 122 cm³/mol. The first-order valence-electron chi connectivity index (χ1n) is 10.4. The Kier molecular flexibility index (Phi) is 6.66. The van der Waals surface area contributed by atoms with Crippen LogP contribution < -0.4 is 16.2 Å². The first-order valence-corrected chi connectivity index (χ1v) is 11.4. The minimum absolute atomic E-state index is 0.0320. The van der Waals surface area contributed by atoms with E-state index in [0.717, 1.165) is 37.4 Å². The van der Waals surface area contributed by atoms with Gasteiger partial charge < -0.3 is 5.32 Å². The van der Waals surface area contributed by atoms with Crippen molar-refractivity contribution in [3.05, 3.63) is 65.0 Å². The van der Waals surface area contributed by atoms with Gasteiger partial charge in [-0.2, -0.15) is 0 Å². The molecule has 0 atom stereocenters. The van der Waals surface area contributed by atoms with E-state index in [2.05, 4.69) is 15.6 Å². The van der Waals surface area contributed by atoms with Gasteiger partial charge in [0, 0.05) is 6.04 Å². The maximum absolute atomic E-state index is 13.1. The summed E-state index contributed by atoms with van der Waals surface area (Å²) in [7, 11) is 0. The first-order chi connectivity index (χ1) is 15.1. The quantitative estimate of drug-likeness (QED) is 0.471. The van der Waals surface area contributed by atoms with E-state index < -0.39 is 11.9 Å². The van der Waals surface area contributed by atoms with Crippen molar-refractivity contribution in [2.24, 2.45) is 0 Å². The highest BCUT2D eigenvalue weighted by Crippen LogP contribution is 2.21. The molecule has 160 valence electrons. The van der Waals surface area contributed by atoms with Crippen LogP contribution in [0.1, 0.15) is 32.1 Å². The van der Waals surface area contributed by atoms with Gasteiger partial charge in [-0.3, -0.25) is 19.5 Å². The van der Waals surface area contributed by atoms with Gasteiger partial charge in [0.1, 0.15) is 0 Å². The molecule has 0 spiro atoms. The second-order valence-corrected chi connectivity index (χ2v) is 8.48. The Labute approximate surface area is 184 Å². The fourth-order valence-electron chi connectivity index (χ4n) is 3.78. The molecule has 1 aliphatic rings. The standard InChI is InChI=1S/C23H24N4O3S/c28-20(26-22(30)24-16-9-3-1-4-10-16)15-31-23-25-19-14-8-7-13-18(19)21(29)27(23)17-11-5-2-6-12-17/h2,5-8,11-14,16H,1,3-4,9-10,15H2,(H2,24,26,28,30). The number of hydrogen-bond acceptors (Lipinski definition) is 5. The molecule has 7 nitrogen and oxygen atoms in total. The van der Waals surface area contributed by atoms with Gasteiger partial charge in [0.15, 0.2) is 5.16 Å². The van der Waals surface area contributed by atoms with E-state index in [1.54, 1.807) is 18.2 Å². The van der Waals surface area contributed by atoms with Gasteiger partial charge >= 0.3 is 6.03 Å². The summed E-state index contributed by atoms with van der Waals surface area (Å²) in [6.07, 6.45) is 5.28.